The van der Waals surface area contributed by atoms with Gasteiger partial charge in [-0.1, -0.05) is 36.4 Å². The SMILES string of the molecule is OCC1CCN([C@@H]2CCCN(Cc3cccc4c3oc3ccccc34)C2)CC1. The number of hydrogen-bond acceptors (Lipinski definition) is 4. The molecule has 2 aliphatic rings. The van der Waals surface area contributed by atoms with Crippen LogP contribution in [0.15, 0.2) is 46.9 Å². The van der Waals surface area contributed by atoms with Crippen molar-refractivity contribution < 1.29 is 9.52 Å². The Morgan fingerprint density at radius 2 is 1.75 bits per heavy atom. The summed E-state index contributed by atoms with van der Waals surface area (Å²) in [5.41, 5.74) is 3.33. The van der Waals surface area contributed by atoms with Gasteiger partial charge >= 0.3 is 0 Å². The molecular formula is C24H30N2O2. The fourth-order valence-electron chi connectivity index (χ4n) is 5.14. The summed E-state index contributed by atoms with van der Waals surface area (Å²) >= 11 is 0. The summed E-state index contributed by atoms with van der Waals surface area (Å²) in [5.74, 6) is 0.515. The molecule has 0 aliphatic carbocycles. The summed E-state index contributed by atoms with van der Waals surface area (Å²) in [6.45, 7) is 5.90. The molecule has 28 heavy (non-hydrogen) atoms. The Hall–Kier alpha value is -1.88. The normalized spacial score (nSPS) is 23.0. The average Bonchev–Trinajstić information content (AvgIpc) is 3.14. The molecule has 2 aliphatic heterocycles. The van der Waals surface area contributed by atoms with Gasteiger partial charge in [0.15, 0.2) is 0 Å². The predicted molar refractivity (Wildman–Crippen MR) is 113 cm³/mol. The fraction of sp³-hybridized carbons (Fsp3) is 0.500. The molecule has 2 saturated heterocycles. The van der Waals surface area contributed by atoms with Gasteiger partial charge in [-0.2, -0.15) is 0 Å². The molecule has 148 valence electrons. The van der Waals surface area contributed by atoms with Gasteiger partial charge in [-0.05, 0) is 57.3 Å². The minimum Gasteiger partial charge on any atom is -0.456 e. The van der Waals surface area contributed by atoms with Crippen molar-refractivity contribution in [1.82, 2.24) is 9.80 Å². The molecule has 1 aromatic heterocycles. The molecule has 2 aromatic carbocycles. The number of rotatable bonds is 4. The third kappa shape index (κ3) is 3.45. The molecule has 0 spiro atoms. The van der Waals surface area contributed by atoms with E-state index < -0.39 is 0 Å². The quantitative estimate of drug-likeness (QED) is 0.737. The van der Waals surface area contributed by atoms with Gasteiger partial charge in [0, 0.05) is 42.1 Å². The zero-order valence-corrected chi connectivity index (χ0v) is 16.5. The van der Waals surface area contributed by atoms with E-state index in [1.807, 2.05) is 6.07 Å². The lowest BCUT2D eigenvalue weighted by atomic mass is 9.94. The Kier molecular flexibility index (Phi) is 5.10. The van der Waals surface area contributed by atoms with E-state index in [0.29, 0.717) is 18.6 Å². The van der Waals surface area contributed by atoms with Crippen LogP contribution >= 0.6 is 0 Å². The second-order valence-corrected chi connectivity index (χ2v) is 8.59. The molecule has 2 fully saturated rings. The number of nitrogens with zero attached hydrogens (tertiary/aromatic N) is 2. The summed E-state index contributed by atoms with van der Waals surface area (Å²) in [6, 6.07) is 15.6. The third-order valence-corrected chi connectivity index (χ3v) is 6.78. The highest BCUT2D eigenvalue weighted by atomic mass is 16.3. The van der Waals surface area contributed by atoms with E-state index in [-0.39, 0.29) is 0 Å². The Morgan fingerprint density at radius 1 is 0.929 bits per heavy atom. The highest BCUT2D eigenvalue weighted by Crippen LogP contribution is 2.32. The molecule has 0 bridgehead atoms. The van der Waals surface area contributed by atoms with Crippen molar-refractivity contribution in [3.63, 3.8) is 0 Å². The van der Waals surface area contributed by atoms with Gasteiger partial charge in [0.05, 0.1) is 0 Å². The lowest BCUT2D eigenvalue weighted by molar-refractivity contribution is 0.0544. The summed E-state index contributed by atoms with van der Waals surface area (Å²) < 4.78 is 6.23. The molecular weight excluding hydrogens is 348 g/mol. The second-order valence-electron chi connectivity index (χ2n) is 8.59. The molecule has 3 aromatic rings. The highest BCUT2D eigenvalue weighted by Gasteiger charge is 2.29. The van der Waals surface area contributed by atoms with Gasteiger partial charge in [-0.25, -0.2) is 0 Å². The van der Waals surface area contributed by atoms with Gasteiger partial charge < -0.3 is 9.52 Å². The lowest BCUT2D eigenvalue weighted by Crippen LogP contribution is -2.50. The van der Waals surface area contributed by atoms with E-state index in [1.54, 1.807) is 0 Å². The number of para-hydroxylation sites is 2. The van der Waals surface area contributed by atoms with Crippen LogP contribution in [0.1, 0.15) is 31.2 Å². The highest BCUT2D eigenvalue weighted by molar-refractivity contribution is 6.05. The van der Waals surface area contributed by atoms with E-state index in [2.05, 4.69) is 46.2 Å². The Bertz CT molecular complexity index is 942. The summed E-state index contributed by atoms with van der Waals surface area (Å²) in [5, 5.41) is 11.8. The summed E-state index contributed by atoms with van der Waals surface area (Å²) in [6.07, 6.45) is 4.85. The molecule has 1 N–H and O–H groups in total. The predicted octanol–water partition coefficient (Wildman–Crippen LogP) is 4.25. The van der Waals surface area contributed by atoms with E-state index >= 15 is 0 Å². The molecule has 0 unspecified atom stereocenters. The number of benzene rings is 2. The van der Waals surface area contributed by atoms with Crippen molar-refractivity contribution in [2.45, 2.75) is 38.3 Å². The van der Waals surface area contributed by atoms with Crippen LogP contribution in [0.3, 0.4) is 0 Å². The van der Waals surface area contributed by atoms with Crippen molar-refractivity contribution >= 4 is 21.9 Å². The fourth-order valence-corrected chi connectivity index (χ4v) is 5.14. The first kappa shape index (κ1) is 18.2. The van der Waals surface area contributed by atoms with Crippen molar-refractivity contribution in [2.75, 3.05) is 32.8 Å². The van der Waals surface area contributed by atoms with Crippen LogP contribution in [-0.2, 0) is 6.54 Å². The maximum absolute atomic E-state index is 9.40. The number of aliphatic hydroxyl groups is 1. The standard InChI is InChI=1S/C24H30N2O2/c27-17-18-10-13-26(14-11-18)20-6-4-12-25(16-20)15-19-5-3-8-22-21-7-1-2-9-23(21)28-24(19)22/h1-3,5,7-9,18,20,27H,4,6,10-17H2/t20-/m1/s1. The largest absolute Gasteiger partial charge is 0.456 e. The van der Waals surface area contributed by atoms with E-state index in [1.165, 1.54) is 35.7 Å². The zero-order chi connectivity index (χ0) is 18.9. The Balaban J connectivity index is 1.32. The van der Waals surface area contributed by atoms with Crippen LogP contribution in [0.25, 0.3) is 21.9 Å². The molecule has 0 radical (unpaired) electrons. The smallest absolute Gasteiger partial charge is 0.139 e. The van der Waals surface area contributed by atoms with Crippen molar-refractivity contribution in [3.05, 3.63) is 48.0 Å². The Morgan fingerprint density at radius 3 is 2.61 bits per heavy atom. The van der Waals surface area contributed by atoms with Crippen molar-refractivity contribution in [3.8, 4) is 0 Å². The van der Waals surface area contributed by atoms with Crippen LogP contribution in [0.5, 0.6) is 0 Å². The van der Waals surface area contributed by atoms with Crippen LogP contribution in [0.2, 0.25) is 0 Å². The molecule has 3 heterocycles. The number of hydrogen-bond donors (Lipinski definition) is 1. The minimum atomic E-state index is 0.353. The topological polar surface area (TPSA) is 39.9 Å². The second kappa shape index (κ2) is 7.86. The number of likely N-dealkylation sites (tertiary alicyclic amines) is 2. The van der Waals surface area contributed by atoms with E-state index in [9.17, 15) is 5.11 Å². The maximum atomic E-state index is 9.40. The number of aliphatic hydroxyl groups excluding tert-OH is 1. The number of furan rings is 1. The molecule has 1 atom stereocenters. The molecule has 0 saturated carbocycles. The third-order valence-electron chi connectivity index (χ3n) is 6.78. The molecule has 4 nitrogen and oxygen atoms in total. The first-order valence-corrected chi connectivity index (χ1v) is 10.8. The van der Waals surface area contributed by atoms with Crippen molar-refractivity contribution in [1.29, 1.82) is 0 Å². The molecule has 0 amide bonds. The van der Waals surface area contributed by atoms with Crippen molar-refractivity contribution in [2.24, 2.45) is 5.92 Å². The summed E-state index contributed by atoms with van der Waals surface area (Å²) in [4.78, 5) is 5.27. The number of piperidine rings is 2. The molecule has 5 rings (SSSR count). The lowest BCUT2D eigenvalue weighted by Gasteiger charge is -2.42. The minimum absolute atomic E-state index is 0.353. The van der Waals surface area contributed by atoms with Gasteiger partial charge in [-0.3, -0.25) is 9.80 Å². The van der Waals surface area contributed by atoms with Crippen LogP contribution < -0.4 is 0 Å². The number of fused-ring (bicyclic) bond motifs is 3. The van der Waals surface area contributed by atoms with Gasteiger partial charge in [0.2, 0.25) is 0 Å². The van der Waals surface area contributed by atoms with Gasteiger partial charge in [0.25, 0.3) is 0 Å². The summed E-state index contributed by atoms with van der Waals surface area (Å²) in [7, 11) is 0. The van der Waals surface area contributed by atoms with Crippen LogP contribution in [0, 0.1) is 5.92 Å². The maximum Gasteiger partial charge on any atom is 0.139 e. The van der Waals surface area contributed by atoms with Crippen LogP contribution in [0.4, 0.5) is 0 Å². The first-order chi connectivity index (χ1) is 13.8. The molecule has 4 heteroatoms. The zero-order valence-electron chi connectivity index (χ0n) is 16.5. The average molecular weight is 379 g/mol. The monoisotopic (exact) mass is 378 g/mol. The Labute approximate surface area is 166 Å². The van der Waals surface area contributed by atoms with Gasteiger partial charge in [0.1, 0.15) is 11.2 Å². The van der Waals surface area contributed by atoms with Gasteiger partial charge in [-0.15, -0.1) is 0 Å². The van der Waals surface area contributed by atoms with E-state index in [0.717, 1.165) is 50.2 Å². The first-order valence-electron chi connectivity index (χ1n) is 10.8. The van der Waals surface area contributed by atoms with E-state index in [4.69, 9.17) is 4.42 Å². The van der Waals surface area contributed by atoms with Crippen LogP contribution in [-0.4, -0.2) is 53.7 Å².